The zero-order valence-corrected chi connectivity index (χ0v) is 14.1. The van der Waals surface area contributed by atoms with Crippen molar-refractivity contribution in [2.24, 2.45) is 5.92 Å². The molecule has 0 aliphatic carbocycles. The van der Waals surface area contributed by atoms with Crippen molar-refractivity contribution in [3.8, 4) is 0 Å². The van der Waals surface area contributed by atoms with Crippen molar-refractivity contribution in [1.82, 2.24) is 24.6 Å². The summed E-state index contributed by atoms with van der Waals surface area (Å²) >= 11 is 0. The molecule has 4 heterocycles. The average molecular weight is 343 g/mol. The molecule has 1 saturated heterocycles. The highest BCUT2D eigenvalue weighted by Gasteiger charge is 2.36. The molecule has 1 amide bonds. The summed E-state index contributed by atoms with van der Waals surface area (Å²) in [6.45, 7) is 3.40. The Kier molecular flexibility index (Phi) is 5.06. The van der Waals surface area contributed by atoms with Crippen LogP contribution in [0.15, 0.2) is 30.9 Å². The lowest BCUT2D eigenvalue weighted by Gasteiger charge is -2.41. The van der Waals surface area contributed by atoms with Gasteiger partial charge in [-0.3, -0.25) is 14.6 Å². The number of fused-ring (bicyclic) bond motifs is 1. The van der Waals surface area contributed by atoms with Crippen molar-refractivity contribution in [3.63, 3.8) is 0 Å². The first-order chi connectivity index (χ1) is 12.0. The maximum absolute atomic E-state index is 12.5. The van der Waals surface area contributed by atoms with Crippen LogP contribution in [0.4, 0.5) is 0 Å². The first-order valence-electron chi connectivity index (χ1n) is 8.29. The van der Waals surface area contributed by atoms with Crippen LogP contribution in [0.3, 0.4) is 0 Å². The highest BCUT2D eigenvalue weighted by Crippen LogP contribution is 2.29. The number of carboxylic acid groups (broad SMARTS) is 1. The first-order valence-corrected chi connectivity index (χ1v) is 8.29. The molecule has 8 heteroatoms. The Morgan fingerprint density at radius 3 is 2.56 bits per heavy atom. The average Bonchev–Trinajstić information content (AvgIpc) is 3.01. The van der Waals surface area contributed by atoms with Gasteiger partial charge in [0.2, 0.25) is 5.91 Å². The number of carbonyl (C=O) groups excluding carboxylic acids is 1. The van der Waals surface area contributed by atoms with Crippen molar-refractivity contribution >= 4 is 11.9 Å². The molecule has 0 spiro atoms. The van der Waals surface area contributed by atoms with E-state index in [4.69, 9.17) is 9.90 Å². The number of carboxylic acids is 1. The molecule has 1 atom stereocenters. The van der Waals surface area contributed by atoms with Gasteiger partial charge >= 0.3 is 0 Å². The standard InChI is InChI=1S/C15H17N5O.C2H4O2/c21-15(12-1-2-14-17-10-18-20(14)9-12)19-7-13(8-19)11-3-5-16-6-4-11;1-2(3)4/h3-6,10,12-13H,1-2,7-9H2;1H3,(H,3,4). The third-order valence-electron chi connectivity index (χ3n) is 4.53. The number of carbonyl (C=O) groups is 2. The maximum atomic E-state index is 12.5. The number of aliphatic carboxylic acids is 1. The molecule has 0 saturated carbocycles. The Labute approximate surface area is 145 Å². The van der Waals surface area contributed by atoms with Gasteiger partial charge in [-0.2, -0.15) is 5.10 Å². The second-order valence-electron chi connectivity index (χ2n) is 6.33. The van der Waals surface area contributed by atoms with Gasteiger partial charge in [-0.25, -0.2) is 9.67 Å². The Hall–Kier alpha value is -2.77. The summed E-state index contributed by atoms with van der Waals surface area (Å²) in [5.41, 5.74) is 1.27. The van der Waals surface area contributed by atoms with Gasteiger partial charge in [-0.15, -0.1) is 0 Å². The molecule has 0 radical (unpaired) electrons. The molecular formula is C17H21N5O3. The minimum atomic E-state index is -0.833. The smallest absolute Gasteiger partial charge is 0.300 e. The summed E-state index contributed by atoms with van der Waals surface area (Å²) in [7, 11) is 0. The number of rotatable bonds is 2. The number of hydrogen-bond donors (Lipinski definition) is 1. The van der Waals surface area contributed by atoms with E-state index in [0.29, 0.717) is 12.5 Å². The third kappa shape index (κ3) is 4.01. The lowest BCUT2D eigenvalue weighted by molar-refractivity contribution is -0.141. The summed E-state index contributed by atoms with van der Waals surface area (Å²) in [6, 6.07) is 4.07. The van der Waals surface area contributed by atoms with Gasteiger partial charge < -0.3 is 10.0 Å². The summed E-state index contributed by atoms with van der Waals surface area (Å²) in [5, 5.41) is 11.6. The van der Waals surface area contributed by atoms with Crippen LogP contribution in [-0.2, 0) is 22.6 Å². The van der Waals surface area contributed by atoms with Crippen LogP contribution in [0.25, 0.3) is 0 Å². The molecular weight excluding hydrogens is 322 g/mol. The monoisotopic (exact) mass is 343 g/mol. The van der Waals surface area contributed by atoms with Gasteiger partial charge in [0.15, 0.2) is 0 Å². The van der Waals surface area contributed by atoms with Crippen LogP contribution in [-0.4, -0.2) is 54.7 Å². The number of hydrogen-bond acceptors (Lipinski definition) is 5. The Morgan fingerprint density at radius 2 is 1.88 bits per heavy atom. The van der Waals surface area contributed by atoms with Gasteiger partial charge in [-0.1, -0.05) is 0 Å². The molecule has 0 bridgehead atoms. The summed E-state index contributed by atoms with van der Waals surface area (Å²) in [6.07, 6.45) is 6.93. The highest BCUT2D eigenvalue weighted by molar-refractivity contribution is 5.80. The summed E-state index contributed by atoms with van der Waals surface area (Å²) < 4.78 is 1.87. The second-order valence-corrected chi connectivity index (χ2v) is 6.33. The van der Waals surface area contributed by atoms with E-state index in [1.54, 1.807) is 6.33 Å². The molecule has 8 nitrogen and oxygen atoms in total. The normalized spacial score (nSPS) is 19.2. The molecule has 132 valence electrons. The molecule has 1 unspecified atom stereocenters. The number of aryl methyl sites for hydroxylation is 1. The van der Waals surface area contributed by atoms with Gasteiger partial charge in [0.1, 0.15) is 12.2 Å². The lowest BCUT2D eigenvalue weighted by Crippen LogP contribution is -2.51. The summed E-state index contributed by atoms with van der Waals surface area (Å²) in [5.74, 6) is 0.943. The molecule has 0 aromatic carbocycles. The number of pyridine rings is 1. The fraction of sp³-hybridized carbons (Fsp3) is 0.471. The second kappa shape index (κ2) is 7.42. The van der Waals surface area contributed by atoms with Gasteiger partial charge in [0, 0.05) is 44.7 Å². The molecule has 4 rings (SSSR count). The van der Waals surface area contributed by atoms with E-state index < -0.39 is 5.97 Å². The molecule has 1 N–H and O–H groups in total. The topological polar surface area (TPSA) is 101 Å². The molecule has 2 aliphatic heterocycles. The van der Waals surface area contributed by atoms with Crippen molar-refractivity contribution in [3.05, 3.63) is 42.2 Å². The maximum Gasteiger partial charge on any atom is 0.300 e. The molecule has 2 aromatic rings. The van der Waals surface area contributed by atoms with Crippen LogP contribution in [0.2, 0.25) is 0 Å². The van der Waals surface area contributed by atoms with Crippen LogP contribution in [0, 0.1) is 5.92 Å². The van der Waals surface area contributed by atoms with E-state index in [1.165, 1.54) is 5.56 Å². The van der Waals surface area contributed by atoms with Crippen molar-refractivity contribution in [2.75, 3.05) is 13.1 Å². The van der Waals surface area contributed by atoms with E-state index in [0.717, 1.165) is 38.7 Å². The third-order valence-corrected chi connectivity index (χ3v) is 4.53. The van der Waals surface area contributed by atoms with E-state index in [9.17, 15) is 4.79 Å². The zero-order valence-electron chi connectivity index (χ0n) is 14.1. The van der Waals surface area contributed by atoms with Crippen LogP contribution in [0.5, 0.6) is 0 Å². The number of likely N-dealkylation sites (tertiary alicyclic amines) is 1. The predicted octanol–water partition coefficient (Wildman–Crippen LogP) is 0.952. The zero-order chi connectivity index (χ0) is 17.8. The quantitative estimate of drug-likeness (QED) is 0.871. The van der Waals surface area contributed by atoms with Gasteiger partial charge in [0.05, 0.1) is 12.5 Å². The van der Waals surface area contributed by atoms with Crippen molar-refractivity contribution in [1.29, 1.82) is 0 Å². The number of amides is 1. The van der Waals surface area contributed by atoms with Crippen molar-refractivity contribution < 1.29 is 14.7 Å². The van der Waals surface area contributed by atoms with E-state index in [-0.39, 0.29) is 11.8 Å². The Bertz CT molecular complexity index is 736. The molecule has 2 aliphatic rings. The Balaban J connectivity index is 0.000000415. The summed E-state index contributed by atoms with van der Waals surface area (Å²) in [4.78, 5) is 31.7. The molecule has 2 aromatic heterocycles. The highest BCUT2D eigenvalue weighted by atomic mass is 16.4. The fourth-order valence-corrected chi connectivity index (χ4v) is 3.20. The van der Waals surface area contributed by atoms with Crippen LogP contribution < -0.4 is 0 Å². The largest absolute Gasteiger partial charge is 0.481 e. The van der Waals surface area contributed by atoms with Crippen LogP contribution >= 0.6 is 0 Å². The Morgan fingerprint density at radius 1 is 1.20 bits per heavy atom. The predicted molar refractivity (Wildman–Crippen MR) is 88.7 cm³/mol. The SMILES string of the molecule is CC(=O)O.O=C(C1CCc2ncnn2C1)N1CC(c2ccncc2)C1. The lowest BCUT2D eigenvalue weighted by atomic mass is 9.89. The minimum Gasteiger partial charge on any atom is -0.481 e. The first kappa shape index (κ1) is 17.1. The van der Waals surface area contributed by atoms with Crippen molar-refractivity contribution in [2.45, 2.75) is 32.2 Å². The van der Waals surface area contributed by atoms with Gasteiger partial charge in [-0.05, 0) is 24.1 Å². The van der Waals surface area contributed by atoms with Crippen LogP contribution in [0.1, 0.15) is 30.7 Å². The van der Waals surface area contributed by atoms with E-state index in [1.807, 2.05) is 34.1 Å². The number of aromatic nitrogens is 4. The fourth-order valence-electron chi connectivity index (χ4n) is 3.20. The molecule has 25 heavy (non-hydrogen) atoms. The van der Waals surface area contributed by atoms with E-state index >= 15 is 0 Å². The molecule has 1 fully saturated rings. The number of nitrogens with zero attached hydrogens (tertiary/aromatic N) is 5. The minimum absolute atomic E-state index is 0.0533. The van der Waals surface area contributed by atoms with E-state index in [2.05, 4.69) is 15.1 Å². The van der Waals surface area contributed by atoms with Gasteiger partial charge in [0.25, 0.3) is 5.97 Å².